The van der Waals surface area contributed by atoms with Crippen LogP contribution in [0.15, 0.2) is 30.3 Å². The van der Waals surface area contributed by atoms with Gasteiger partial charge in [-0.25, -0.2) is 13.2 Å². The lowest BCUT2D eigenvalue weighted by atomic mass is 9.63. The molecule has 2 aliphatic carbocycles. The predicted molar refractivity (Wildman–Crippen MR) is 119 cm³/mol. The third kappa shape index (κ3) is 5.72. The van der Waals surface area contributed by atoms with Crippen molar-refractivity contribution < 1.29 is 31.1 Å². The van der Waals surface area contributed by atoms with Crippen LogP contribution in [0.3, 0.4) is 0 Å². The summed E-state index contributed by atoms with van der Waals surface area (Å²) in [6.07, 6.45) is 5.57. The van der Waals surface area contributed by atoms with Gasteiger partial charge in [0.1, 0.15) is 5.82 Å². The Hall–Kier alpha value is -2.18. The van der Waals surface area contributed by atoms with E-state index in [0.29, 0.717) is 18.1 Å². The topological polar surface area (TPSA) is 9.23 Å². The van der Waals surface area contributed by atoms with E-state index in [2.05, 4.69) is 11.7 Å². The zero-order valence-electron chi connectivity index (χ0n) is 19.2. The van der Waals surface area contributed by atoms with Crippen LogP contribution < -0.4 is 4.74 Å². The lowest BCUT2D eigenvalue weighted by Gasteiger charge is -2.42. The molecule has 7 heteroatoms. The first-order chi connectivity index (χ1) is 16.1. The molecule has 0 N–H and O–H groups in total. The van der Waals surface area contributed by atoms with Gasteiger partial charge >= 0.3 is 6.36 Å². The van der Waals surface area contributed by atoms with Crippen molar-refractivity contribution in [3.05, 3.63) is 53.3 Å². The van der Waals surface area contributed by atoms with Crippen molar-refractivity contribution >= 4 is 0 Å². The maximum absolute atomic E-state index is 15.0. The highest BCUT2D eigenvalue weighted by molar-refractivity contribution is 5.66. The summed E-state index contributed by atoms with van der Waals surface area (Å²) in [5.41, 5.74) is 0.624. The van der Waals surface area contributed by atoms with Crippen molar-refractivity contribution in [2.24, 2.45) is 17.8 Å². The molecule has 0 aliphatic heterocycles. The first-order valence-corrected chi connectivity index (χ1v) is 12.2. The summed E-state index contributed by atoms with van der Waals surface area (Å²) >= 11 is 0. The standard InChI is InChI=1S/C27H30F6O/c1-2-3-4-16-5-6-18-12-19(8-7-17(18)11-16)20-9-10-22(23(28)13-20)21-14-24(29)26(25(30)15-21)34-27(31,32)33/h9-10,13-19H,2-8,11-12H2,1H3/t16?,17-,18-,19-/m1/s1. The van der Waals surface area contributed by atoms with Crippen molar-refractivity contribution in [2.45, 2.75) is 77.0 Å². The third-order valence-corrected chi connectivity index (χ3v) is 7.68. The van der Waals surface area contributed by atoms with Crippen LogP contribution in [0.1, 0.15) is 76.2 Å². The van der Waals surface area contributed by atoms with Gasteiger partial charge in [0, 0.05) is 5.56 Å². The number of fused-ring (bicyclic) bond motifs is 1. The summed E-state index contributed by atoms with van der Waals surface area (Å²) in [6.45, 7) is 2.23. The Kier molecular flexibility index (Phi) is 7.48. The Morgan fingerprint density at radius 2 is 1.53 bits per heavy atom. The molecular weight excluding hydrogens is 454 g/mol. The second-order valence-electron chi connectivity index (χ2n) is 9.91. The van der Waals surface area contributed by atoms with Crippen LogP contribution in [0.5, 0.6) is 5.75 Å². The van der Waals surface area contributed by atoms with Crippen molar-refractivity contribution in [2.75, 3.05) is 0 Å². The number of alkyl halides is 3. The molecule has 0 amide bonds. The Balaban J connectivity index is 1.46. The van der Waals surface area contributed by atoms with E-state index in [4.69, 9.17) is 0 Å². The summed E-state index contributed by atoms with van der Waals surface area (Å²) in [6, 6.07) is 5.95. The molecule has 2 saturated carbocycles. The van der Waals surface area contributed by atoms with Gasteiger partial charge in [-0.1, -0.05) is 44.7 Å². The van der Waals surface area contributed by atoms with Crippen LogP contribution in [0.25, 0.3) is 11.1 Å². The van der Waals surface area contributed by atoms with Crippen molar-refractivity contribution in [1.29, 1.82) is 0 Å². The molecule has 2 aromatic carbocycles. The quantitative estimate of drug-likeness (QED) is 0.372. The molecule has 0 bridgehead atoms. The zero-order chi connectivity index (χ0) is 24.5. The maximum atomic E-state index is 15.0. The van der Waals surface area contributed by atoms with E-state index in [-0.39, 0.29) is 17.0 Å². The third-order valence-electron chi connectivity index (χ3n) is 7.68. The molecule has 0 radical (unpaired) electrons. The average molecular weight is 485 g/mol. The first-order valence-electron chi connectivity index (χ1n) is 12.2. The van der Waals surface area contributed by atoms with Gasteiger partial charge in [0.2, 0.25) is 5.75 Å². The summed E-state index contributed by atoms with van der Waals surface area (Å²) in [7, 11) is 0. The molecule has 0 heterocycles. The molecule has 4 rings (SSSR count). The molecule has 0 spiro atoms. The smallest absolute Gasteiger partial charge is 0.399 e. The van der Waals surface area contributed by atoms with Gasteiger partial charge in [-0.3, -0.25) is 0 Å². The SMILES string of the molecule is CCCCC1CC[C@@H]2C[C@H](c3ccc(-c4cc(F)c(OC(F)(F)F)c(F)c4)c(F)c3)CC[C@@H]2C1. The zero-order valence-corrected chi connectivity index (χ0v) is 19.2. The van der Waals surface area contributed by atoms with Crippen molar-refractivity contribution in [3.63, 3.8) is 0 Å². The molecule has 34 heavy (non-hydrogen) atoms. The van der Waals surface area contributed by atoms with Crippen LogP contribution in [0, 0.1) is 35.2 Å². The van der Waals surface area contributed by atoms with Crippen LogP contribution in [0.4, 0.5) is 26.3 Å². The molecule has 4 atom stereocenters. The number of benzene rings is 2. The summed E-state index contributed by atoms with van der Waals surface area (Å²) < 4.78 is 83.7. The van der Waals surface area contributed by atoms with Crippen molar-refractivity contribution in [3.8, 4) is 16.9 Å². The molecule has 0 saturated heterocycles. The minimum Gasteiger partial charge on any atom is -0.399 e. The fourth-order valence-corrected chi connectivity index (χ4v) is 5.99. The molecule has 2 aliphatic rings. The molecule has 0 aromatic heterocycles. The Morgan fingerprint density at radius 1 is 0.853 bits per heavy atom. The van der Waals surface area contributed by atoms with Gasteiger partial charge < -0.3 is 4.74 Å². The molecule has 2 fully saturated rings. The lowest BCUT2D eigenvalue weighted by molar-refractivity contribution is -0.276. The second kappa shape index (κ2) is 10.2. The maximum Gasteiger partial charge on any atom is 0.573 e. The minimum absolute atomic E-state index is 0.0646. The van der Waals surface area contributed by atoms with Crippen LogP contribution >= 0.6 is 0 Å². The largest absolute Gasteiger partial charge is 0.573 e. The average Bonchev–Trinajstić information content (AvgIpc) is 2.78. The highest BCUT2D eigenvalue weighted by atomic mass is 19.4. The molecule has 186 valence electrons. The number of rotatable bonds is 6. The Labute approximate surface area is 196 Å². The van der Waals surface area contributed by atoms with Gasteiger partial charge in [0.05, 0.1) is 0 Å². The van der Waals surface area contributed by atoms with E-state index in [0.717, 1.165) is 36.7 Å². The van der Waals surface area contributed by atoms with E-state index < -0.39 is 29.6 Å². The monoisotopic (exact) mass is 484 g/mol. The Bertz CT molecular complexity index is 978. The first kappa shape index (κ1) is 24.9. The number of ether oxygens (including phenoxy) is 1. The van der Waals surface area contributed by atoms with Crippen LogP contribution in [-0.4, -0.2) is 6.36 Å². The number of hydrogen-bond acceptors (Lipinski definition) is 1. The second-order valence-corrected chi connectivity index (χ2v) is 9.91. The van der Waals surface area contributed by atoms with Gasteiger partial charge in [-0.05, 0) is 85.1 Å². The van der Waals surface area contributed by atoms with Gasteiger partial charge in [0.25, 0.3) is 0 Å². The Morgan fingerprint density at radius 3 is 2.18 bits per heavy atom. The normalized spacial score (nSPS) is 25.1. The minimum atomic E-state index is -5.23. The summed E-state index contributed by atoms with van der Waals surface area (Å²) in [4.78, 5) is 0. The van der Waals surface area contributed by atoms with Crippen LogP contribution in [0.2, 0.25) is 0 Å². The number of halogens is 6. The van der Waals surface area contributed by atoms with Gasteiger partial charge in [-0.2, -0.15) is 0 Å². The molecule has 2 aromatic rings. The number of hydrogen-bond donors (Lipinski definition) is 0. The molecular formula is C27H30F6O. The van der Waals surface area contributed by atoms with Gasteiger partial charge in [-0.15, -0.1) is 13.2 Å². The van der Waals surface area contributed by atoms with Gasteiger partial charge in [0.15, 0.2) is 11.6 Å². The van der Waals surface area contributed by atoms with E-state index in [1.165, 1.54) is 50.7 Å². The summed E-state index contributed by atoms with van der Waals surface area (Å²) in [5, 5.41) is 0. The highest BCUT2D eigenvalue weighted by Gasteiger charge is 2.36. The van der Waals surface area contributed by atoms with E-state index in [1.807, 2.05) is 0 Å². The fourth-order valence-electron chi connectivity index (χ4n) is 5.99. The van der Waals surface area contributed by atoms with Crippen molar-refractivity contribution in [1.82, 2.24) is 0 Å². The van der Waals surface area contributed by atoms with E-state index >= 15 is 0 Å². The summed E-state index contributed by atoms with van der Waals surface area (Å²) in [5.74, 6) is -2.78. The van der Waals surface area contributed by atoms with Crippen LogP contribution in [-0.2, 0) is 0 Å². The predicted octanol–water partition coefficient (Wildman–Crippen LogP) is 9.16. The van der Waals surface area contributed by atoms with E-state index in [1.54, 1.807) is 6.07 Å². The molecule has 1 unspecified atom stereocenters. The molecule has 1 nitrogen and oxygen atoms in total. The van der Waals surface area contributed by atoms with E-state index in [9.17, 15) is 26.3 Å². The lowest BCUT2D eigenvalue weighted by Crippen LogP contribution is -2.30. The fraction of sp³-hybridized carbons (Fsp3) is 0.556. The number of unbranched alkanes of at least 4 members (excludes halogenated alkanes) is 1. The highest BCUT2D eigenvalue weighted by Crippen LogP contribution is 2.48.